The molecule has 1 N–H and O–H groups in total. The van der Waals surface area contributed by atoms with Gasteiger partial charge in [0.15, 0.2) is 0 Å². The van der Waals surface area contributed by atoms with Gasteiger partial charge in [0.05, 0.1) is 5.75 Å². The number of thioether (sulfide) groups is 1. The third kappa shape index (κ3) is 5.42. The highest BCUT2D eigenvalue weighted by Crippen LogP contribution is 2.16. The fourth-order valence-corrected chi connectivity index (χ4v) is 2.41. The second-order valence-corrected chi connectivity index (χ2v) is 5.19. The second-order valence-electron chi connectivity index (χ2n) is 3.77. The van der Waals surface area contributed by atoms with Crippen LogP contribution in [-0.4, -0.2) is 41.2 Å². The molecular weight excluding hydrogens is 274 g/mol. The number of amides is 1. The van der Waals surface area contributed by atoms with Crippen LogP contribution in [0.1, 0.15) is 5.56 Å². The second kappa shape index (κ2) is 7.28. The lowest BCUT2D eigenvalue weighted by molar-refractivity contribution is -0.142. The molecule has 0 saturated heterocycles. The summed E-state index contributed by atoms with van der Waals surface area (Å²) in [6.45, 7) is -0.267. The molecule has 18 heavy (non-hydrogen) atoms. The molecular formula is C12H14ClNO3S. The van der Waals surface area contributed by atoms with Gasteiger partial charge in [-0.15, -0.1) is 11.8 Å². The maximum atomic E-state index is 11.6. The summed E-state index contributed by atoms with van der Waals surface area (Å²) < 4.78 is 0. The third-order valence-corrected chi connectivity index (χ3v) is 3.41. The van der Waals surface area contributed by atoms with Crippen molar-refractivity contribution in [1.29, 1.82) is 0 Å². The topological polar surface area (TPSA) is 57.6 Å². The minimum Gasteiger partial charge on any atom is -0.480 e. The summed E-state index contributed by atoms with van der Waals surface area (Å²) in [7, 11) is 1.48. The number of carboxylic acids is 1. The predicted octanol–water partition coefficient (Wildman–Crippen LogP) is 2.12. The van der Waals surface area contributed by atoms with Crippen LogP contribution < -0.4 is 0 Å². The highest BCUT2D eigenvalue weighted by Gasteiger charge is 2.11. The molecule has 1 aromatic rings. The van der Waals surface area contributed by atoms with E-state index in [9.17, 15) is 9.59 Å². The number of benzene rings is 1. The van der Waals surface area contributed by atoms with Crippen molar-refractivity contribution in [3.63, 3.8) is 0 Å². The average molecular weight is 288 g/mol. The Labute approximate surface area is 115 Å². The first-order chi connectivity index (χ1) is 8.49. The molecule has 0 aliphatic heterocycles. The van der Waals surface area contributed by atoms with Gasteiger partial charge >= 0.3 is 5.97 Å². The molecule has 0 fully saturated rings. The fraction of sp³-hybridized carbons (Fsp3) is 0.333. The molecule has 1 rings (SSSR count). The first kappa shape index (κ1) is 14.9. The van der Waals surface area contributed by atoms with Crippen LogP contribution in [0.5, 0.6) is 0 Å². The number of halogens is 1. The summed E-state index contributed by atoms with van der Waals surface area (Å²) in [6.07, 6.45) is 0. The first-order valence-electron chi connectivity index (χ1n) is 5.27. The Balaban J connectivity index is 2.33. The Kier molecular flexibility index (Phi) is 6.01. The number of rotatable bonds is 6. The standard InChI is InChI=1S/C12H14ClNO3S/c1-14(6-12(16)17)11(15)8-18-7-9-3-2-4-10(13)5-9/h2-5H,6-8H2,1H3,(H,16,17). The number of hydrogen-bond acceptors (Lipinski definition) is 3. The van der Waals surface area contributed by atoms with Gasteiger partial charge < -0.3 is 10.0 Å². The molecule has 0 unspecified atom stereocenters. The van der Waals surface area contributed by atoms with Crippen LogP contribution in [-0.2, 0) is 15.3 Å². The van der Waals surface area contributed by atoms with Gasteiger partial charge in [-0.05, 0) is 17.7 Å². The summed E-state index contributed by atoms with van der Waals surface area (Å²) in [6, 6.07) is 7.43. The van der Waals surface area contributed by atoms with Gasteiger partial charge in [-0.1, -0.05) is 23.7 Å². The lowest BCUT2D eigenvalue weighted by Crippen LogP contribution is -2.33. The Hall–Kier alpha value is -1.20. The molecule has 0 radical (unpaired) electrons. The van der Waals surface area contributed by atoms with Crippen molar-refractivity contribution >= 4 is 35.2 Å². The van der Waals surface area contributed by atoms with Gasteiger partial charge in [-0.2, -0.15) is 0 Å². The van der Waals surface area contributed by atoms with E-state index >= 15 is 0 Å². The summed E-state index contributed by atoms with van der Waals surface area (Å²) >= 11 is 7.28. The number of carbonyl (C=O) groups is 2. The minimum atomic E-state index is -1.01. The molecule has 0 aliphatic rings. The summed E-state index contributed by atoms with van der Waals surface area (Å²) in [5, 5.41) is 9.22. The molecule has 1 aromatic carbocycles. The molecule has 0 bridgehead atoms. The lowest BCUT2D eigenvalue weighted by atomic mass is 10.2. The van der Waals surface area contributed by atoms with Gasteiger partial charge in [0.1, 0.15) is 6.54 Å². The molecule has 0 aromatic heterocycles. The molecule has 98 valence electrons. The molecule has 0 atom stereocenters. The molecule has 0 aliphatic carbocycles. The van der Waals surface area contributed by atoms with Crippen LogP contribution in [0.2, 0.25) is 5.02 Å². The lowest BCUT2D eigenvalue weighted by Gasteiger charge is -2.13. The smallest absolute Gasteiger partial charge is 0.323 e. The number of likely N-dealkylation sites (N-methyl/N-ethyl adjacent to an activating group) is 1. The average Bonchev–Trinajstić information content (AvgIpc) is 2.28. The fourth-order valence-electron chi connectivity index (χ4n) is 1.28. The number of carbonyl (C=O) groups excluding carboxylic acids is 1. The molecule has 0 saturated carbocycles. The molecule has 1 amide bonds. The van der Waals surface area contributed by atoms with Crippen molar-refractivity contribution in [1.82, 2.24) is 4.90 Å². The van der Waals surface area contributed by atoms with E-state index in [1.807, 2.05) is 18.2 Å². The third-order valence-electron chi connectivity index (χ3n) is 2.18. The van der Waals surface area contributed by atoms with E-state index in [2.05, 4.69) is 0 Å². The van der Waals surface area contributed by atoms with Crippen LogP contribution in [0.25, 0.3) is 0 Å². The van der Waals surface area contributed by atoms with E-state index < -0.39 is 5.97 Å². The van der Waals surface area contributed by atoms with Crippen LogP contribution in [0, 0.1) is 0 Å². The van der Waals surface area contributed by atoms with Crippen molar-refractivity contribution in [2.45, 2.75) is 5.75 Å². The Morgan fingerprint density at radius 2 is 2.17 bits per heavy atom. The Morgan fingerprint density at radius 1 is 1.44 bits per heavy atom. The van der Waals surface area contributed by atoms with Crippen LogP contribution in [0.3, 0.4) is 0 Å². The number of aliphatic carboxylic acids is 1. The van der Waals surface area contributed by atoms with Gasteiger partial charge in [0.2, 0.25) is 5.91 Å². The van der Waals surface area contributed by atoms with E-state index in [4.69, 9.17) is 16.7 Å². The van der Waals surface area contributed by atoms with Gasteiger partial charge in [0.25, 0.3) is 0 Å². The molecule has 4 nitrogen and oxygen atoms in total. The van der Waals surface area contributed by atoms with E-state index in [0.29, 0.717) is 10.8 Å². The van der Waals surface area contributed by atoms with Gasteiger partial charge in [-0.25, -0.2) is 0 Å². The molecule has 6 heteroatoms. The largest absolute Gasteiger partial charge is 0.480 e. The Morgan fingerprint density at radius 3 is 2.78 bits per heavy atom. The highest BCUT2D eigenvalue weighted by atomic mass is 35.5. The maximum Gasteiger partial charge on any atom is 0.323 e. The van der Waals surface area contributed by atoms with Crippen LogP contribution >= 0.6 is 23.4 Å². The zero-order valence-electron chi connectivity index (χ0n) is 9.93. The zero-order valence-corrected chi connectivity index (χ0v) is 11.5. The maximum absolute atomic E-state index is 11.6. The van der Waals surface area contributed by atoms with Crippen molar-refractivity contribution in [3.05, 3.63) is 34.9 Å². The van der Waals surface area contributed by atoms with Crippen molar-refractivity contribution in [2.75, 3.05) is 19.3 Å². The van der Waals surface area contributed by atoms with Crippen LogP contribution in [0.4, 0.5) is 0 Å². The van der Waals surface area contributed by atoms with E-state index in [1.165, 1.54) is 23.7 Å². The van der Waals surface area contributed by atoms with Crippen molar-refractivity contribution in [3.8, 4) is 0 Å². The predicted molar refractivity (Wildman–Crippen MR) is 72.9 cm³/mol. The SMILES string of the molecule is CN(CC(=O)O)C(=O)CSCc1cccc(Cl)c1. The quantitative estimate of drug-likeness (QED) is 0.871. The summed E-state index contributed by atoms with van der Waals surface area (Å²) in [5.74, 6) is -0.265. The summed E-state index contributed by atoms with van der Waals surface area (Å²) in [5.41, 5.74) is 1.04. The van der Waals surface area contributed by atoms with E-state index in [1.54, 1.807) is 6.07 Å². The first-order valence-corrected chi connectivity index (χ1v) is 6.80. The normalized spacial score (nSPS) is 10.1. The number of carboxylic acid groups (broad SMARTS) is 1. The van der Waals surface area contributed by atoms with Crippen molar-refractivity contribution < 1.29 is 14.7 Å². The van der Waals surface area contributed by atoms with E-state index in [-0.39, 0.29) is 18.2 Å². The monoisotopic (exact) mass is 287 g/mol. The van der Waals surface area contributed by atoms with E-state index in [0.717, 1.165) is 5.56 Å². The Bertz CT molecular complexity index is 439. The zero-order chi connectivity index (χ0) is 13.5. The van der Waals surface area contributed by atoms with Gasteiger partial charge in [0, 0.05) is 17.8 Å². The molecule has 0 spiro atoms. The van der Waals surface area contributed by atoms with Gasteiger partial charge in [-0.3, -0.25) is 9.59 Å². The summed E-state index contributed by atoms with van der Waals surface area (Å²) in [4.78, 5) is 23.2. The number of hydrogen-bond donors (Lipinski definition) is 1. The number of nitrogens with zero attached hydrogens (tertiary/aromatic N) is 1. The molecule has 0 heterocycles. The van der Waals surface area contributed by atoms with Crippen LogP contribution in [0.15, 0.2) is 24.3 Å². The van der Waals surface area contributed by atoms with Crippen molar-refractivity contribution in [2.24, 2.45) is 0 Å². The highest BCUT2D eigenvalue weighted by molar-refractivity contribution is 7.99. The minimum absolute atomic E-state index is 0.190.